The Bertz CT molecular complexity index is 476. The summed E-state index contributed by atoms with van der Waals surface area (Å²) in [4.78, 5) is 20.4. The molecule has 1 aromatic heterocycles. The molecule has 0 aliphatic heterocycles. The second kappa shape index (κ2) is 13.1. The highest BCUT2D eigenvalue weighted by Crippen LogP contribution is 2.03. The number of hydrogen-bond acceptors (Lipinski definition) is 3. The van der Waals surface area contributed by atoms with Crippen LogP contribution in [0, 0.1) is 6.92 Å². The van der Waals surface area contributed by atoms with Crippen molar-refractivity contribution in [2.45, 2.75) is 40.0 Å². The van der Waals surface area contributed by atoms with E-state index in [1.807, 2.05) is 19.9 Å². The molecule has 0 unspecified atom stereocenters. The van der Waals surface area contributed by atoms with Gasteiger partial charge in [-0.3, -0.25) is 9.79 Å². The molecule has 1 aromatic rings. The first-order chi connectivity index (χ1) is 10.7. The van der Waals surface area contributed by atoms with Crippen molar-refractivity contribution in [1.29, 1.82) is 0 Å². The highest BCUT2D eigenvalue weighted by Gasteiger charge is 2.04. The van der Waals surface area contributed by atoms with E-state index in [0.29, 0.717) is 18.8 Å². The largest absolute Gasteiger partial charge is 0.357 e. The zero-order chi connectivity index (χ0) is 16.2. The van der Waals surface area contributed by atoms with Crippen molar-refractivity contribution in [2.75, 3.05) is 25.0 Å². The van der Waals surface area contributed by atoms with Crippen molar-refractivity contribution in [1.82, 2.24) is 15.6 Å². The van der Waals surface area contributed by atoms with Gasteiger partial charge in [-0.15, -0.1) is 24.0 Å². The number of unbranched alkanes of at least 4 members (excludes halogenated alkanes) is 1. The summed E-state index contributed by atoms with van der Waals surface area (Å²) in [6, 6.07) is 3.72. The van der Waals surface area contributed by atoms with Crippen LogP contribution < -0.4 is 16.0 Å². The molecule has 1 amide bonds. The fourth-order valence-corrected chi connectivity index (χ4v) is 1.73. The Hall–Kier alpha value is -1.38. The number of amides is 1. The molecule has 0 aromatic carbocycles. The Morgan fingerprint density at radius 1 is 1.26 bits per heavy atom. The molecule has 3 N–H and O–H groups in total. The molecule has 23 heavy (non-hydrogen) atoms. The van der Waals surface area contributed by atoms with E-state index in [9.17, 15) is 4.79 Å². The summed E-state index contributed by atoms with van der Waals surface area (Å²) in [5.74, 6) is 1.28. The third-order valence-electron chi connectivity index (χ3n) is 2.95. The van der Waals surface area contributed by atoms with Gasteiger partial charge in [0.05, 0.1) is 0 Å². The number of carbonyl (C=O) groups excluding carboxylic acids is 1. The Balaban J connectivity index is 0.00000484. The Labute approximate surface area is 156 Å². The summed E-state index contributed by atoms with van der Waals surface area (Å²) in [6.45, 7) is 8.26. The van der Waals surface area contributed by atoms with Gasteiger partial charge >= 0.3 is 0 Å². The lowest BCUT2D eigenvalue weighted by molar-refractivity contribution is -0.116. The zero-order valence-electron chi connectivity index (χ0n) is 14.2. The molecule has 0 saturated heterocycles. The second-order valence-corrected chi connectivity index (χ2v) is 5.06. The maximum atomic E-state index is 11.8. The van der Waals surface area contributed by atoms with Crippen LogP contribution in [0.1, 0.15) is 38.7 Å². The first kappa shape index (κ1) is 21.6. The third-order valence-corrected chi connectivity index (χ3v) is 2.95. The molecule has 0 radical (unpaired) electrons. The molecule has 1 heterocycles. The van der Waals surface area contributed by atoms with E-state index in [1.54, 1.807) is 12.3 Å². The Morgan fingerprint density at radius 3 is 2.65 bits per heavy atom. The molecule has 0 aliphatic rings. The smallest absolute Gasteiger partial charge is 0.227 e. The molecule has 0 bridgehead atoms. The van der Waals surface area contributed by atoms with Crippen LogP contribution in [0.2, 0.25) is 0 Å². The number of pyridine rings is 1. The summed E-state index contributed by atoms with van der Waals surface area (Å²) in [5, 5.41) is 9.11. The summed E-state index contributed by atoms with van der Waals surface area (Å²) in [7, 11) is 0. The quantitative estimate of drug-likeness (QED) is 0.255. The van der Waals surface area contributed by atoms with Gasteiger partial charge < -0.3 is 16.0 Å². The Kier molecular flexibility index (Phi) is 12.3. The van der Waals surface area contributed by atoms with E-state index >= 15 is 0 Å². The van der Waals surface area contributed by atoms with Gasteiger partial charge in [0, 0.05) is 32.3 Å². The van der Waals surface area contributed by atoms with E-state index < -0.39 is 0 Å². The monoisotopic (exact) mass is 433 g/mol. The fourth-order valence-electron chi connectivity index (χ4n) is 1.73. The topological polar surface area (TPSA) is 78.4 Å². The van der Waals surface area contributed by atoms with Gasteiger partial charge in [0.25, 0.3) is 0 Å². The summed E-state index contributed by atoms with van der Waals surface area (Å²) in [6.07, 6.45) is 4.29. The molecule has 0 spiro atoms. The SMILES string of the molecule is CCCCN=C(NCC)NCCC(=O)Nc1ccc(C)cn1.I. The van der Waals surface area contributed by atoms with Gasteiger partial charge in [-0.2, -0.15) is 0 Å². The predicted octanol–water partition coefficient (Wildman–Crippen LogP) is 2.69. The fraction of sp³-hybridized carbons (Fsp3) is 0.562. The number of anilines is 1. The number of guanidine groups is 1. The molecule has 7 heteroatoms. The van der Waals surface area contributed by atoms with Crippen molar-refractivity contribution in [3.05, 3.63) is 23.9 Å². The summed E-state index contributed by atoms with van der Waals surface area (Å²) >= 11 is 0. The minimum absolute atomic E-state index is 0. The lowest BCUT2D eigenvalue weighted by Crippen LogP contribution is -2.38. The zero-order valence-corrected chi connectivity index (χ0v) is 16.5. The molecule has 0 atom stereocenters. The third kappa shape index (κ3) is 10.1. The molecule has 0 saturated carbocycles. The molecule has 0 aliphatic carbocycles. The van der Waals surface area contributed by atoms with Crippen LogP contribution in [0.4, 0.5) is 5.82 Å². The lowest BCUT2D eigenvalue weighted by atomic mass is 10.3. The standard InChI is InChI=1S/C16H27N5O.HI/c1-4-6-10-18-16(17-5-2)19-11-9-15(22)21-14-8-7-13(3)12-20-14;/h7-8,12H,4-6,9-11H2,1-3H3,(H2,17,18,19)(H,20,21,22);1H. The van der Waals surface area contributed by atoms with E-state index in [4.69, 9.17) is 0 Å². The maximum absolute atomic E-state index is 11.8. The number of aliphatic imine (C=N–C) groups is 1. The van der Waals surface area contributed by atoms with E-state index in [-0.39, 0.29) is 29.9 Å². The first-order valence-electron chi connectivity index (χ1n) is 7.90. The number of aryl methyl sites for hydroxylation is 1. The van der Waals surface area contributed by atoms with Crippen molar-refractivity contribution < 1.29 is 4.79 Å². The van der Waals surface area contributed by atoms with E-state index in [1.165, 1.54) is 0 Å². The number of nitrogens with one attached hydrogen (secondary N) is 3. The number of halogens is 1. The molecule has 0 fully saturated rings. The molecule has 6 nitrogen and oxygen atoms in total. The van der Waals surface area contributed by atoms with Crippen LogP contribution in [0.15, 0.2) is 23.3 Å². The van der Waals surface area contributed by atoms with Crippen LogP contribution >= 0.6 is 24.0 Å². The molecular formula is C16H28IN5O. The van der Waals surface area contributed by atoms with Gasteiger partial charge in [-0.25, -0.2) is 4.98 Å². The summed E-state index contributed by atoms with van der Waals surface area (Å²) < 4.78 is 0. The second-order valence-electron chi connectivity index (χ2n) is 5.06. The van der Waals surface area contributed by atoms with Crippen LogP contribution in [0.3, 0.4) is 0 Å². The van der Waals surface area contributed by atoms with Gasteiger partial charge in [0.2, 0.25) is 5.91 Å². The Morgan fingerprint density at radius 2 is 2.04 bits per heavy atom. The minimum atomic E-state index is -0.0618. The maximum Gasteiger partial charge on any atom is 0.227 e. The highest BCUT2D eigenvalue weighted by molar-refractivity contribution is 14.0. The average molecular weight is 433 g/mol. The van der Waals surface area contributed by atoms with Gasteiger partial charge in [0.1, 0.15) is 5.82 Å². The highest BCUT2D eigenvalue weighted by atomic mass is 127. The molecular weight excluding hydrogens is 405 g/mol. The van der Waals surface area contributed by atoms with Crippen molar-refractivity contribution in [3.63, 3.8) is 0 Å². The first-order valence-corrected chi connectivity index (χ1v) is 7.90. The van der Waals surface area contributed by atoms with Crippen LogP contribution in [0.25, 0.3) is 0 Å². The van der Waals surface area contributed by atoms with Crippen LogP contribution in [-0.2, 0) is 4.79 Å². The number of aromatic nitrogens is 1. The van der Waals surface area contributed by atoms with Crippen molar-refractivity contribution >= 4 is 41.7 Å². The molecule has 1 rings (SSSR count). The van der Waals surface area contributed by atoms with Gasteiger partial charge in [0.15, 0.2) is 5.96 Å². The lowest BCUT2D eigenvalue weighted by Gasteiger charge is -2.11. The van der Waals surface area contributed by atoms with Crippen LogP contribution in [0.5, 0.6) is 0 Å². The van der Waals surface area contributed by atoms with E-state index in [0.717, 1.165) is 37.5 Å². The number of hydrogen-bond donors (Lipinski definition) is 3. The minimum Gasteiger partial charge on any atom is -0.357 e. The van der Waals surface area contributed by atoms with Crippen molar-refractivity contribution in [3.8, 4) is 0 Å². The number of nitrogens with zero attached hydrogens (tertiary/aromatic N) is 2. The predicted molar refractivity (Wildman–Crippen MR) is 107 cm³/mol. The number of rotatable bonds is 8. The molecule has 130 valence electrons. The normalized spacial score (nSPS) is 10.7. The number of carbonyl (C=O) groups is 1. The van der Waals surface area contributed by atoms with Gasteiger partial charge in [-0.05, 0) is 31.9 Å². The van der Waals surface area contributed by atoms with Crippen LogP contribution in [-0.4, -0.2) is 36.5 Å². The van der Waals surface area contributed by atoms with Crippen molar-refractivity contribution in [2.24, 2.45) is 4.99 Å². The average Bonchev–Trinajstić information content (AvgIpc) is 2.50. The summed E-state index contributed by atoms with van der Waals surface area (Å²) in [5.41, 5.74) is 1.07. The van der Waals surface area contributed by atoms with E-state index in [2.05, 4.69) is 32.9 Å². The van der Waals surface area contributed by atoms with Gasteiger partial charge in [-0.1, -0.05) is 19.4 Å².